The number of carbonyl (C=O) groups excluding carboxylic acids is 1. The van der Waals surface area contributed by atoms with Crippen LogP contribution in [0.5, 0.6) is 0 Å². The Morgan fingerprint density at radius 1 is 1.21 bits per heavy atom. The molecule has 128 valence electrons. The van der Waals surface area contributed by atoms with Gasteiger partial charge in [0.25, 0.3) is 0 Å². The maximum atomic E-state index is 11.8. The normalized spacial score (nSPS) is 10.5. The Morgan fingerprint density at radius 2 is 1.96 bits per heavy atom. The van der Waals surface area contributed by atoms with Gasteiger partial charge < -0.3 is 10.4 Å². The van der Waals surface area contributed by atoms with Crippen LogP contribution in [0.4, 0.5) is 0 Å². The number of hydrogen-bond donors (Lipinski definition) is 2. The van der Waals surface area contributed by atoms with E-state index >= 15 is 0 Å². The molecule has 0 unspecified atom stereocenters. The molecule has 2 aromatic rings. The third-order valence-electron chi connectivity index (χ3n) is 3.59. The van der Waals surface area contributed by atoms with Crippen LogP contribution in [0.2, 0.25) is 0 Å². The molecule has 2 N–H and O–H groups in total. The Hall–Kier alpha value is -2.70. The van der Waals surface area contributed by atoms with Crippen LogP contribution in [0.1, 0.15) is 36.1 Å². The molecule has 0 bridgehead atoms. The van der Waals surface area contributed by atoms with Gasteiger partial charge in [-0.25, -0.2) is 4.68 Å². The van der Waals surface area contributed by atoms with Crippen LogP contribution < -0.4 is 5.32 Å². The summed E-state index contributed by atoms with van der Waals surface area (Å²) in [4.78, 5) is 22.3. The first-order valence-electron chi connectivity index (χ1n) is 7.96. The Kier molecular flexibility index (Phi) is 6.48. The second kappa shape index (κ2) is 8.81. The summed E-state index contributed by atoms with van der Waals surface area (Å²) in [5, 5.41) is 18.9. The highest BCUT2D eigenvalue weighted by molar-refractivity contribution is 5.75. The van der Waals surface area contributed by atoms with Crippen molar-refractivity contribution >= 4 is 11.9 Å². The molecule has 1 aromatic carbocycles. The number of nitrogens with one attached hydrogen (secondary N) is 1. The molecule has 7 heteroatoms. The van der Waals surface area contributed by atoms with Crippen LogP contribution in [0.25, 0.3) is 0 Å². The number of nitrogens with zero attached hydrogens (tertiary/aromatic N) is 3. The standard InChI is InChI=1S/C17H22N4O3/c1-13-6-8-14(9-7-13)4-2-3-5-16(22)18-10-15-11-21(20-19-15)12-17(23)24/h6-9,11H,2-5,10,12H2,1H3,(H,18,22)(H,23,24). The highest BCUT2D eigenvalue weighted by Crippen LogP contribution is 2.08. The Morgan fingerprint density at radius 3 is 2.67 bits per heavy atom. The molecule has 0 spiro atoms. The van der Waals surface area contributed by atoms with Gasteiger partial charge in [0.05, 0.1) is 12.7 Å². The molecular formula is C17H22N4O3. The van der Waals surface area contributed by atoms with E-state index in [0.29, 0.717) is 12.1 Å². The summed E-state index contributed by atoms with van der Waals surface area (Å²) in [5.74, 6) is -1.02. The molecule has 0 saturated heterocycles. The molecule has 7 nitrogen and oxygen atoms in total. The van der Waals surface area contributed by atoms with Gasteiger partial charge >= 0.3 is 5.97 Å². The number of carboxylic acids is 1. The number of hydrogen-bond acceptors (Lipinski definition) is 4. The van der Waals surface area contributed by atoms with Crippen LogP contribution in [0.15, 0.2) is 30.5 Å². The van der Waals surface area contributed by atoms with Crippen molar-refractivity contribution in [1.82, 2.24) is 20.3 Å². The van der Waals surface area contributed by atoms with Gasteiger partial charge in [-0.2, -0.15) is 0 Å². The van der Waals surface area contributed by atoms with Gasteiger partial charge in [0, 0.05) is 6.42 Å². The van der Waals surface area contributed by atoms with Crippen LogP contribution in [-0.2, 0) is 29.1 Å². The third-order valence-corrected chi connectivity index (χ3v) is 3.59. The summed E-state index contributed by atoms with van der Waals surface area (Å²) in [5.41, 5.74) is 3.08. The first-order valence-corrected chi connectivity index (χ1v) is 7.96. The molecule has 0 aliphatic rings. The second-order valence-electron chi connectivity index (χ2n) is 5.77. The van der Waals surface area contributed by atoms with Crippen molar-refractivity contribution in [2.75, 3.05) is 0 Å². The van der Waals surface area contributed by atoms with Crippen LogP contribution in [-0.4, -0.2) is 32.0 Å². The van der Waals surface area contributed by atoms with E-state index in [4.69, 9.17) is 5.11 Å². The zero-order valence-corrected chi connectivity index (χ0v) is 13.7. The predicted molar refractivity (Wildman–Crippen MR) is 88.2 cm³/mol. The van der Waals surface area contributed by atoms with Gasteiger partial charge in [-0.3, -0.25) is 9.59 Å². The molecule has 0 radical (unpaired) electrons. The molecule has 1 heterocycles. The maximum absolute atomic E-state index is 11.8. The monoisotopic (exact) mass is 330 g/mol. The van der Waals surface area contributed by atoms with E-state index in [1.165, 1.54) is 22.0 Å². The number of carbonyl (C=O) groups is 2. The minimum atomic E-state index is -0.982. The van der Waals surface area contributed by atoms with Crippen molar-refractivity contribution in [3.8, 4) is 0 Å². The fourth-order valence-electron chi connectivity index (χ4n) is 2.28. The Bertz CT molecular complexity index is 679. The van der Waals surface area contributed by atoms with Crippen molar-refractivity contribution in [2.45, 2.75) is 45.7 Å². The average molecular weight is 330 g/mol. The SMILES string of the molecule is Cc1ccc(CCCCC(=O)NCc2cn(CC(=O)O)nn2)cc1. The minimum absolute atomic E-state index is 0.0355. The van der Waals surface area contributed by atoms with Crippen molar-refractivity contribution < 1.29 is 14.7 Å². The third kappa shape index (κ3) is 6.20. The molecule has 0 fully saturated rings. The number of rotatable bonds is 9. The van der Waals surface area contributed by atoms with E-state index in [2.05, 4.69) is 46.8 Å². The van der Waals surface area contributed by atoms with E-state index < -0.39 is 5.97 Å². The van der Waals surface area contributed by atoms with E-state index in [1.807, 2.05) is 0 Å². The van der Waals surface area contributed by atoms with Crippen LogP contribution in [0.3, 0.4) is 0 Å². The first kappa shape index (κ1) is 17.7. The summed E-state index contributed by atoms with van der Waals surface area (Å²) in [6.45, 7) is 2.09. The van der Waals surface area contributed by atoms with Gasteiger partial charge in [-0.1, -0.05) is 35.0 Å². The maximum Gasteiger partial charge on any atom is 0.325 e. The summed E-state index contributed by atoms with van der Waals surface area (Å²) >= 11 is 0. The topological polar surface area (TPSA) is 97.1 Å². The number of benzene rings is 1. The summed E-state index contributed by atoms with van der Waals surface area (Å²) in [6.07, 6.45) is 4.74. The van der Waals surface area contributed by atoms with Crippen LogP contribution >= 0.6 is 0 Å². The van der Waals surface area contributed by atoms with Crippen LogP contribution in [0, 0.1) is 6.92 Å². The van der Waals surface area contributed by atoms with E-state index in [0.717, 1.165) is 19.3 Å². The highest BCUT2D eigenvalue weighted by atomic mass is 16.4. The average Bonchev–Trinajstić information content (AvgIpc) is 2.98. The van der Waals surface area contributed by atoms with Gasteiger partial charge in [0.1, 0.15) is 12.2 Å². The fourth-order valence-corrected chi connectivity index (χ4v) is 2.28. The van der Waals surface area contributed by atoms with E-state index in [-0.39, 0.29) is 19.0 Å². The van der Waals surface area contributed by atoms with Gasteiger partial charge in [-0.15, -0.1) is 5.10 Å². The number of carboxylic acid groups (broad SMARTS) is 1. The Balaban J connectivity index is 1.62. The van der Waals surface area contributed by atoms with Crippen molar-refractivity contribution in [3.63, 3.8) is 0 Å². The molecule has 0 atom stereocenters. The number of aliphatic carboxylic acids is 1. The summed E-state index contributed by atoms with van der Waals surface area (Å²) < 4.78 is 1.23. The summed E-state index contributed by atoms with van der Waals surface area (Å²) in [6, 6.07) is 8.44. The number of aryl methyl sites for hydroxylation is 2. The zero-order chi connectivity index (χ0) is 17.4. The van der Waals surface area contributed by atoms with Gasteiger partial charge in [-0.05, 0) is 31.7 Å². The molecular weight excluding hydrogens is 308 g/mol. The fraction of sp³-hybridized carbons (Fsp3) is 0.412. The molecule has 0 saturated carbocycles. The number of unbranched alkanes of at least 4 members (excludes halogenated alkanes) is 1. The lowest BCUT2D eigenvalue weighted by Crippen LogP contribution is -2.22. The number of amides is 1. The van der Waals surface area contributed by atoms with Gasteiger partial charge in [0.2, 0.25) is 5.91 Å². The highest BCUT2D eigenvalue weighted by Gasteiger charge is 2.06. The van der Waals surface area contributed by atoms with E-state index in [1.54, 1.807) is 0 Å². The van der Waals surface area contributed by atoms with Crippen molar-refractivity contribution in [1.29, 1.82) is 0 Å². The Labute approximate surface area is 140 Å². The predicted octanol–water partition coefficient (Wildman–Crippen LogP) is 1.70. The molecule has 24 heavy (non-hydrogen) atoms. The lowest BCUT2D eigenvalue weighted by atomic mass is 10.1. The number of aromatic nitrogens is 3. The molecule has 1 aromatic heterocycles. The second-order valence-corrected chi connectivity index (χ2v) is 5.77. The summed E-state index contributed by atoms with van der Waals surface area (Å²) in [7, 11) is 0. The molecule has 0 aliphatic carbocycles. The largest absolute Gasteiger partial charge is 0.480 e. The van der Waals surface area contributed by atoms with Crippen molar-refractivity contribution in [3.05, 3.63) is 47.3 Å². The quantitative estimate of drug-likeness (QED) is 0.682. The lowest BCUT2D eigenvalue weighted by molar-refractivity contribution is -0.138. The first-order chi connectivity index (χ1) is 11.5. The minimum Gasteiger partial charge on any atom is -0.480 e. The molecule has 1 amide bonds. The van der Waals surface area contributed by atoms with Gasteiger partial charge in [0.15, 0.2) is 0 Å². The smallest absolute Gasteiger partial charge is 0.325 e. The molecule has 2 rings (SSSR count). The lowest BCUT2D eigenvalue weighted by Gasteiger charge is -2.04. The molecule has 0 aliphatic heterocycles. The zero-order valence-electron chi connectivity index (χ0n) is 13.7. The van der Waals surface area contributed by atoms with E-state index in [9.17, 15) is 9.59 Å². The van der Waals surface area contributed by atoms with Crippen molar-refractivity contribution in [2.24, 2.45) is 0 Å².